The van der Waals surface area contributed by atoms with Gasteiger partial charge < -0.3 is 11.1 Å². The lowest BCUT2D eigenvalue weighted by atomic mass is 9.98. The van der Waals surface area contributed by atoms with E-state index in [0.717, 1.165) is 36.3 Å². The molecule has 0 radical (unpaired) electrons. The van der Waals surface area contributed by atoms with Gasteiger partial charge in [-0.15, -0.1) is 0 Å². The van der Waals surface area contributed by atoms with E-state index in [9.17, 15) is 4.79 Å². The number of fused-ring (bicyclic) bond motifs is 1. The largest absolute Gasteiger partial charge is 0.341 e. The molecule has 0 bridgehead atoms. The Morgan fingerprint density at radius 3 is 1.95 bits per heavy atom. The second-order valence-corrected chi connectivity index (χ2v) is 9.56. The van der Waals surface area contributed by atoms with Crippen LogP contribution in [0.25, 0.3) is 10.8 Å². The molecule has 4 nitrogen and oxygen atoms in total. The van der Waals surface area contributed by atoms with Crippen molar-refractivity contribution in [1.29, 1.82) is 0 Å². The van der Waals surface area contributed by atoms with Gasteiger partial charge in [0.1, 0.15) is 0 Å². The van der Waals surface area contributed by atoms with Crippen LogP contribution in [0.4, 0.5) is 0 Å². The van der Waals surface area contributed by atoms with Crippen molar-refractivity contribution in [3.63, 3.8) is 0 Å². The van der Waals surface area contributed by atoms with Crippen molar-refractivity contribution in [1.82, 2.24) is 10.2 Å². The molecule has 0 heterocycles. The number of nitrogens with two attached hydrogens (primary N) is 1. The van der Waals surface area contributed by atoms with Gasteiger partial charge in [0.25, 0.3) is 5.91 Å². The molecule has 0 spiro atoms. The maximum absolute atomic E-state index is 13.3. The normalized spacial score (nSPS) is 11.2. The standard InChI is InChI=1S/C34H33N3O/c35-22-23-37(25-31-16-9-15-27-10-7-8-17-32(27)31)24-26-18-20-30(21-19-26)34(38)36-33(28-11-3-1-4-12-28)29-13-5-2-6-14-29/h1-21,33H,22-25,35H2,(H,36,38). The molecular formula is C34H33N3O. The summed E-state index contributed by atoms with van der Waals surface area (Å²) >= 11 is 0. The zero-order chi connectivity index (χ0) is 26.2. The number of hydrogen-bond acceptors (Lipinski definition) is 3. The van der Waals surface area contributed by atoms with E-state index in [4.69, 9.17) is 5.73 Å². The fraction of sp³-hybridized carbons (Fsp3) is 0.147. The first kappa shape index (κ1) is 25.4. The Balaban J connectivity index is 1.29. The number of nitrogens with zero attached hydrogens (tertiary/aromatic N) is 1. The second kappa shape index (κ2) is 12.3. The minimum atomic E-state index is -0.217. The van der Waals surface area contributed by atoms with Crippen molar-refractivity contribution in [2.45, 2.75) is 19.1 Å². The van der Waals surface area contributed by atoms with Gasteiger partial charge in [-0.25, -0.2) is 0 Å². The summed E-state index contributed by atoms with van der Waals surface area (Å²) in [5.74, 6) is -0.0937. The quantitative estimate of drug-likeness (QED) is 0.236. The average molecular weight is 500 g/mol. The topological polar surface area (TPSA) is 58.4 Å². The maximum Gasteiger partial charge on any atom is 0.252 e. The first-order valence-electron chi connectivity index (χ1n) is 13.1. The van der Waals surface area contributed by atoms with E-state index in [1.54, 1.807) is 0 Å². The van der Waals surface area contributed by atoms with E-state index in [1.165, 1.54) is 16.3 Å². The van der Waals surface area contributed by atoms with Gasteiger partial charge in [0, 0.05) is 31.7 Å². The molecule has 5 aromatic rings. The summed E-state index contributed by atoms with van der Waals surface area (Å²) < 4.78 is 0. The molecule has 0 atom stereocenters. The number of benzene rings is 5. The fourth-order valence-corrected chi connectivity index (χ4v) is 4.95. The van der Waals surface area contributed by atoms with Gasteiger partial charge in [0.05, 0.1) is 6.04 Å². The van der Waals surface area contributed by atoms with E-state index in [0.29, 0.717) is 12.1 Å². The van der Waals surface area contributed by atoms with Crippen molar-refractivity contribution >= 4 is 16.7 Å². The third kappa shape index (κ3) is 6.17. The van der Waals surface area contributed by atoms with Crippen LogP contribution in [0.1, 0.15) is 38.7 Å². The van der Waals surface area contributed by atoms with E-state index >= 15 is 0 Å². The van der Waals surface area contributed by atoms with Crippen LogP contribution in [0.3, 0.4) is 0 Å². The number of nitrogens with one attached hydrogen (secondary N) is 1. The Morgan fingerprint density at radius 1 is 0.684 bits per heavy atom. The minimum Gasteiger partial charge on any atom is -0.341 e. The summed E-state index contributed by atoms with van der Waals surface area (Å²) in [5, 5.41) is 5.75. The molecule has 0 saturated heterocycles. The molecule has 190 valence electrons. The Hall–Kier alpha value is -4.25. The summed E-state index contributed by atoms with van der Waals surface area (Å²) in [6, 6.07) is 42.8. The van der Waals surface area contributed by atoms with Gasteiger partial charge >= 0.3 is 0 Å². The average Bonchev–Trinajstić information content (AvgIpc) is 2.97. The highest BCUT2D eigenvalue weighted by molar-refractivity contribution is 5.94. The van der Waals surface area contributed by atoms with E-state index in [2.05, 4.69) is 52.7 Å². The monoisotopic (exact) mass is 499 g/mol. The molecule has 0 fully saturated rings. The summed E-state index contributed by atoms with van der Waals surface area (Å²) in [6.45, 7) is 2.96. The Bertz CT molecular complexity index is 1420. The molecule has 5 rings (SSSR count). The molecular weight excluding hydrogens is 466 g/mol. The molecule has 1 amide bonds. The lowest BCUT2D eigenvalue weighted by Crippen LogP contribution is -2.30. The third-order valence-electron chi connectivity index (χ3n) is 6.88. The van der Waals surface area contributed by atoms with Crippen LogP contribution in [0.15, 0.2) is 127 Å². The molecule has 0 aliphatic rings. The van der Waals surface area contributed by atoms with Gasteiger partial charge in [0.2, 0.25) is 0 Å². The molecule has 0 aliphatic heterocycles. The van der Waals surface area contributed by atoms with Crippen molar-refractivity contribution in [2.75, 3.05) is 13.1 Å². The van der Waals surface area contributed by atoms with Crippen molar-refractivity contribution in [3.8, 4) is 0 Å². The van der Waals surface area contributed by atoms with E-state index in [-0.39, 0.29) is 11.9 Å². The first-order chi connectivity index (χ1) is 18.7. The van der Waals surface area contributed by atoms with Crippen LogP contribution < -0.4 is 11.1 Å². The predicted octanol–water partition coefficient (Wildman–Crippen LogP) is 6.32. The van der Waals surface area contributed by atoms with Crippen molar-refractivity contribution < 1.29 is 4.79 Å². The number of rotatable bonds is 10. The second-order valence-electron chi connectivity index (χ2n) is 9.56. The lowest BCUT2D eigenvalue weighted by molar-refractivity contribution is 0.0943. The summed E-state index contributed by atoms with van der Waals surface area (Å²) in [6.07, 6.45) is 0. The molecule has 0 saturated carbocycles. The van der Waals surface area contributed by atoms with E-state index < -0.39 is 0 Å². The number of amides is 1. The Morgan fingerprint density at radius 2 is 1.29 bits per heavy atom. The van der Waals surface area contributed by atoms with Gasteiger partial charge in [-0.3, -0.25) is 9.69 Å². The highest BCUT2D eigenvalue weighted by Crippen LogP contribution is 2.23. The Kier molecular flexibility index (Phi) is 8.24. The van der Waals surface area contributed by atoms with Crippen molar-refractivity contribution in [2.24, 2.45) is 5.73 Å². The van der Waals surface area contributed by atoms with Gasteiger partial charge in [-0.2, -0.15) is 0 Å². The number of carbonyl (C=O) groups is 1. The third-order valence-corrected chi connectivity index (χ3v) is 6.88. The number of hydrogen-bond donors (Lipinski definition) is 2. The number of carbonyl (C=O) groups excluding carboxylic acids is 1. The van der Waals surface area contributed by atoms with Crippen LogP contribution in [-0.2, 0) is 13.1 Å². The molecule has 38 heavy (non-hydrogen) atoms. The van der Waals surface area contributed by atoms with E-state index in [1.807, 2.05) is 84.9 Å². The predicted molar refractivity (Wildman–Crippen MR) is 156 cm³/mol. The molecule has 0 aliphatic carbocycles. The molecule has 0 aromatic heterocycles. The lowest BCUT2D eigenvalue weighted by Gasteiger charge is -2.23. The van der Waals surface area contributed by atoms with Gasteiger partial charge in [0.15, 0.2) is 0 Å². The van der Waals surface area contributed by atoms with Crippen LogP contribution >= 0.6 is 0 Å². The molecule has 4 heteroatoms. The fourth-order valence-electron chi connectivity index (χ4n) is 4.95. The summed E-state index contributed by atoms with van der Waals surface area (Å²) in [5.41, 5.74) is 11.1. The smallest absolute Gasteiger partial charge is 0.252 e. The molecule has 3 N–H and O–H groups in total. The molecule has 5 aromatic carbocycles. The first-order valence-corrected chi connectivity index (χ1v) is 13.1. The minimum absolute atomic E-state index is 0.0937. The van der Waals surface area contributed by atoms with Crippen LogP contribution in [-0.4, -0.2) is 23.9 Å². The SMILES string of the molecule is NCCN(Cc1ccc(C(=O)NC(c2ccccc2)c2ccccc2)cc1)Cc1cccc2ccccc12. The van der Waals surface area contributed by atoms with Gasteiger partial charge in [-0.05, 0) is 45.2 Å². The van der Waals surface area contributed by atoms with Crippen molar-refractivity contribution in [3.05, 3.63) is 155 Å². The zero-order valence-electron chi connectivity index (χ0n) is 21.5. The highest BCUT2D eigenvalue weighted by Gasteiger charge is 2.18. The maximum atomic E-state index is 13.3. The Labute approximate surface area is 224 Å². The van der Waals surface area contributed by atoms with Crippen LogP contribution in [0.5, 0.6) is 0 Å². The highest BCUT2D eigenvalue weighted by atomic mass is 16.1. The van der Waals surface area contributed by atoms with Crippen LogP contribution in [0, 0.1) is 0 Å². The summed E-state index contributed by atoms with van der Waals surface area (Å²) in [4.78, 5) is 15.6. The zero-order valence-corrected chi connectivity index (χ0v) is 21.5. The van der Waals surface area contributed by atoms with Crippen LogP contribution in [0.2, 0.25) is 0 Å². The summed E-state index contributed by atoms with van der Waals surface area (Å²) in [7, 11) is 0. The van der Waals surface area contributed by atoms with Gasteiger partial charge in [-0.1, -0.05) is 115 Å². The molecule has 0 unspecified atom stereocenters.